The lowest BCUT2D eigenvalue weighted by atomic mass is 9.77. The van der Waals surface area contributed by atoms with Crippen molar-refractivity contribution in [3.05, 3.63) is 131 Å². The van der Waals surface area contributed by atoms with Crippen LogP contribution in [0.1, 0.15) is 51.3 Å². The molecule has 0 spiro atoms. The molecule has 3 aliphatic rings. The molecule has 3 aromatic carbocycles. The van der Waals surface area contributed by atoms with Crippen LogP contribution in [-0.2, 0) is 23.8 Å². The van der Waals surface area contributed by atoms with Gasteiger partial charge in [0.2, 0.25) is 11.9 Å². The topological polar surface area (TPSA) is 340 Å². The van der Waals surface area contributed by atoms with Gasteiger partial charge in [-0.15, -0.1) is 0 Å². The number of β-lactam (4-membered cyclic amide) rings is 1. The van der Waals surface area contributed by atoms with Gasteiger partial charge in [0, 0.05) is 62.0 Å². The average Bonchev–Trinajstić information content (AvgIpc) is 3.81. The third-order valence-corrected chi connectivity index (χ3v) is 10.7. The molecular weight excluding hydrogens is 864 g/mol. The van der Waals surface area contributed by atoms with Crippen molar-refractivity contribution in [1.29, 1.82) is 0 Å². The van der Waals surface area contributed by atoms with E-state index in [2.05, 4.69) is 15.6 Å². The summed E-state index contributed by atoms with van der Waals surface area (Å²) in [5.74, 6) is -7.58. The lowest BCUT2D eigenvalue weighted by molar-refractivity contribution is -0.385. The Kier molecular flexibility index (Phi) is 13.8. The first-order valence-corrected chi connectivity index (χ1v) is 19.4. The van der Waals surface area contributed by atoms with Gasteiger partial charge in [-0.25, -0.2) is 28.8 Å². The molecule has 3 amide bonds. The smallest absolute Gasteiger partial charge is 0.393 e. The fourth-order valence-corrected chi connectivity index (χ4v) is 7.50. The van der Waals surface area contributed by atoms with E-state index in [-0.39, 0.29) is 65.0 Å². The first-order valence-electron chi connectivity index (χ1n) is 19.4. The van der Waals surface area contributed by atoms with E-state index < -0.39 is 86.7 Å². The molecule has 3 aromatic rings. The molecule has 2 fully saturated rings. The zero-order valence-electron chi connectivity index (χ0n) is 34.0. The van der Waals surface area contributed by atoms with Crippen molar-refractivity contribution < 1.29 is 67.6 Å². The molecular formula is C40H36N8O17. The second-order valence-electron chi connectivity index (χ2n) is 14.9. The molecule has 6 rings (SSSR count). The Bertz CT molecular complexity index is 2450. The minimum Gasteiger partial charge on any atom is -0.393 e. The number of amides is 3. The highest BCUT2D eigenvalue weighted by Crippen LogP contribution is 2.48. The number of hydrogen-bond donors (Lipinski definition) is 3. The quantitative estimate of drug-likeness (QED) is 0.0344. The highest BCUT2D eigenvalue weighted by molar-refractivity contribution is 6.08. The summed E-state index contributed by atoms with van der Waals surface area (Å²) in [5.41, 5.74) is -1.38. The SMILES string of the molecule is C[C@@H](O)[C@H]1C(=O)N2C(C(=O)OC(=O)c3ccc([N+](=O)[O-])cc3)=C(CN3CC[C@H](CN=C(NC(=O)OC(=O)c4ccc([N+](=O)[O-])cc4)NC(=O)OC(=O)c4ccc([N+](=O)[O-])cc4)C3)[C@H](C)[C@H]12. The average molecular weight is 901 g/mol. The monoisotopic (exact) mass is 900 g/mol. The molecule has 2 saturated heterocycles. The van der Waals surface area contributed by atoms with Crippen molar-refractivity contribution >= 4 is 65.0 Å². The van der Waals surface area contributed by atoms with E-state index in [1.165, 1.54) is 11.8 Å². The number of guanidine groups is 1. The molecule has 338 valence electrons. The van der Waals surface area contributed by atoms with E-state index in [9.17, 15) is 69.0 Å². The Morgan fingerprint density at radius 1 is 0.738 bits per heavy atom. The minimum absolute atomic E-state index is 0.0852. The van der Waals surface area contributed by atoms with Crippen LogP contribution in [0.15, 0.2) is 89.1 Å². The predicted octanol–water partition coefficient (Wildman–Crippen LogP) is 3.02. The van der Waals surface area contributed by atoms with Crippen LogP contribution in [0.3, 0.4) is 0 Å². The number of aliphatic imine (C=N–C) groups is 1. The summed E-state index contributed by atoms with van der Waals surface area (Å²) >= 11 is 0. The van der Waals surface area contributed by atoms with E-state index in [0.29, 0.717) is 18.5 Å². The molecule has 0 radical (unpaired) electrons. The standard InChI is InChI=1S/C40H36N8O17/c1-20-29(32(45-31(20)30(21(2)49)33(45)50)37(54)63-34(51)23-3-9-26(10-4-23)46(57)58)19-44-16-15-22(18-44)17-41-38(42-39(55)64-35(52)24-5-11-27(12-6-24)47(59)60)43-40(56)65-36(53)25-7-13-28(14-8-25)48(61)62/h3-14,20-22,30-31,49H,15-19H2,1-2H3,(H2,41,42,43,55,56)/t20-,21+,22+,30+,31+/m0/s1. The van der Waals surface area contributed by atoms with Gasteiger partial charge in [0.15, 0.2) is 0 Å². The van der Waals surface area contributed by atoms with Gasteiger partial charge in [0.1, 0.15) is 5.70 Å². The number of likely N-dealkylation sites (tertiary alicyclic amines) is 1. The summed E-state index contributed by atoms with van der Waals surface area (Å²) in [6.07, 6.45) is -3.55. The number of aliphatic hydroxyl groups is 1. The molecule has 3 N–H and O–H groups in total. The van der Waals surface area contributed by atoms with Gasteiger partial charge in [-0.3, -0.25) is 55.7 Å². The maximum absolute atomic E-state index is 13.7. The van der Waals surface area contributed by atoms with E-state index in [1.54, 1.807) is 6.92 Å². The number of hydrogen-bond acceptors (Lipinski definition) is 19. The third-order valence-electron chi connectivity index (χ3n) is 10.7. The Balaban J connectivity index is 1.16. The van der Waals surface area contributed by atoms with Crippen molar-refractivity contribution in [2.24, 2.45) is 22.7 Å². The number of aliphatic hydroxyl groups excluding tert-OH is 1. The predicted molar refractivity (Wildman–Crippen MR) is 216 cm³/mol. The number of carbonyl (C=O) groups excluding carboxylic acids is 7. The Labute approximate surface area is 365 Å². The molecule has 0 saturated carbocycles. The Morgan fingerprint density at radius 2 is 1.17 bits per heavy atom. The van der Waals surface area contributed by atoms with E-state index >= 15 is 0 Å². The van der Waals surface area contributed by atoms with Crippen LogP contribution in [-0.4, -0.2) is 116 Å². The zero-order chi connectivity index (χ0) is 47.3. The highest BCUT2D eigenvalue weighted by atomic mass is 16.6. The second-order valence-corrected chi connectivity index (χ2v) is 14.9. The normalized spacial score (nSPS) is 19.2. The van der Waals surface area contributed by atoms with E-state index in [0.717, 1.165) is 72.8 Å². The molecule has 3 aliphatic heterocycles. The van der Waals surface area contributed by atoms with Crippen molar-refractivity contribution in [3.8, 4) is 0 Å². The summed E-state index contributed by atoms with van der Waals surface area (Å²) in [6.45, 7) is 3.84. The minimum atomic E-state index is -1.47. The first-order chi connectivity index (χ1) is 30.8. The Hall–Kier alpha value is -8.32. The molecule has 0 bridgehead atoms. The van der Waals surface area contributed by atoms with E-state index in [1.807, 2.05) is 4.90 Å². The van der Waals surface area contributed by atoms with Crippen LogP contribution >= 0.6 is 0 Å². The van der Waals surface area contributed by atoms with Crippen molar-refractivity contribution in [3.63, 3.8) is 0 Å². The second kappa shape index (κ2) is 19.4. The Morgan fingerprint density at radius 3 is 1.58 bits per heavy atom. The number of nitrogens with zero attached hydrogens (tertiary/aromatic N) is 6. The molecule has 25 nitrogen and oxygen atoms in total. The third kappa shape index (κ3) is 10.5. The molecule has 0 aromatic heterocycles. The van der Waals surface area contributed by atoms with Crippen LogP contribution in [0.5, 0.6) is 0 Å². The van der Waals surface area contributed by atoms with Crippen LogP contribution in [0.2, 0.25) is 0 Å². The number of ether oxygens (including phenoxy) is 3. The molecule has 0 unspecified atom stereocenters. The lowest BCUT2D eigenvalue weighted by Gasteiger charge is -2.46. The number of nitro groups is 3. The largest absolute Gasteiger partial charge is 0.421 e. The van der Waals surface area contributed by atoms with Gasteiger partial charge in [-0.2, -0.15) is 0 Å². The van der Waals surface area contributed by atoms with Crippen molar-refractivity contribution in [2.75, 3.05) is 26.2 Å². The van der Waals surface area contributed by atoms with Crippen molar-refractivity contribution in [2.45, 2.75) is 32.4 Å². The number of fused-ring (bicyclic) bond motifs is 1. The summed E-state index contributed by atoms with van der Waals surface area (Å²) in [4.78, 5) is 129. The first kappa shape index (κ1) is 46.2. The number of rotatable bonds is 12. The van der Waals surface area contributed by atoms with E-state index in [4.69, 9.17) is 14.2 Å². The summed E-state index contributed by atoms with van der Waals surface area (Å²) in [6, 6.07) is 11.9. The molecule has 25 heteroatoms. The summed E-state index contributed by atoms with van der Waals surface area (Å²) in [5, 5.41) is 47.5. The molecule has 5 atom stereocenters. The van der Waals surface area contributed by atoms with Gasteiger partial charge in [0.05, 0.1) is 49.5 Å². The number of esters is 4. The number of benzene rings is 3. The lowest BCUT2D eigenvalue weighted by Crippen LogP contribution is -2.63. The summed E-state index contributed by atoms with van der Waals surface area (Å²) in [7, 11) is 0. The fraction of sp³-hybridized carbons (Fsp3) is 0.300. The molecule has 3 heterocycles. The number of nitro benzene ring substituents is 3. The van der Waals surface area contributed by atoms with Crippen molar-refractivity contribution in [1.82, 2.24) is 20.4 Å². The molecule has 65 heavy (non-hydrogen) atoms. The van der Waals surface area contributed by atoms with Crippen LogP contribution in [0.25, 0.3) is 0 Å². The maximum atomic E-state index is 13.7. The summed E-state index contributed by atoms with van der Waals surface area (Å²) < 4.78 is 14.7. The van der Waals surface area contributed by atoms with Gasteiger partial charge in [-0.1, -0.05) is 6.92 Å². The number of nitrogens with one attached hydrogen (secondary N) is 2. The van der Waals surface area contributed by atoms with Crippen LogP contribution < -0.4 is 10.6 Å². The fourth-order valence-electron chi connectivity index (χ4n) is 7.50. The van der Waals surface area contributed by atoms with Crippen LogP contribution in [0, 0.1) is 48.1 Å². The van der Waals surface area contributed by atoms with Crippen LogP contribution in [0.4, 0.5) is 26.7 Å². The number of carbonyl (C=O) groups is 7. The van der Waals surface area contributed by atoms with Gasteiger partial charge < -0.3 is 24.2 Å². The molecule has 0 aliphatic carbocycles. The van der Waals surface area contributed by atoms with Gasteiger partial charge in [0.25, 0.3) is 17.1 Å². The van der Waals surface area contributed by atoms with Gasteiger partial charge >= 0.3 is 36.1 Å². The van der Waals surface area contributed by atoms with Gasteiger partial charge in [-0.05, 0) is 67.8 Å². The number of non-ortho nitro benzene ring substituents is 3. The highest BCUT2D eigenvalue weighted by Gasteiger charge is 2.60. The maximum Gasteiger partial charge on any atom is 0.421 e. The zero-order valence-corrected chi connectivity index (χ0v) is 34.0. The number of alkyl carbamates (subject to hydrolysis) is 2.